The van der Waals surface area contributed by atoms with Crippen molar-refractivity contribution < 1.29 is 13.9 Å². The first-order valence-corrected chi connectivity index (χ1v) is 8.19. The van der Waals surface area contributed by atoms with E-state index in [0.29, 0.717) is 30.2 Å². The Morgan fingerprint density at radius 1 is 1.15 bits per heavy atom. The Bertz CT molecular complexity index is 852. The van der Waals surface area contributed by atoms with Crippen LogP contribution < -0.4 is 15.4 Å². The standard InChI is InChI=1S/C19H19FN4O2/c20-18-8-2-1-5-15(18)14-21-19(25)23-16-6-3-7-17(13-16)26-12-11-24-10-4-9-22-24/h1-10,13H,11-12,14H2,(H2,21,23,25). The monoisotopic (exact) mass is 354 g/mol. The van der Waals surface area contributed by atoms with Crippen molar-refractivity contribution in [1.82, 2.24) is 15.1 Å². The van der Waals surface area contributed by atoms with E-state index in [9.17, 15) is 9.18 Å². The summed E-state index contributed by atoms with van der Waals surface area (Å²) in [6.07, 6.45) is 3.58. The minimum absolute atomic E-state index is 0.110. The maximum Gasteiger partial charge on any atom is 0.319 e. The lowest BCUT2D eigenvalue weighted by Crippen LogP contribution is -2.28. The molecule has 1 aromatic heterocycles. The van der Waals surface area contributed by atoms with E-state index in [1.807, 2.05) is 18.3 Å². The van der Waals surface area contributed by atoms with Gasteiger partial charge >= 0.3 is 6.03 Å². The highest BCUT2D eigenvalue weighted by atomic mass is 19.1. The highest BCUT2D eigenvalue weighted by Crippen LogP contribution is 2.17. The fourth-order valence-corrected chi connectivity index (χ4v) is 2.35. The molecule has 2 aromatic carbocycles. The molecular formula is C19H19FN4O2. The lowest BCUT2D eigenvalue weighted by molar-refractivity contribution is 0.251. The number of nitrogens with one attached hydrogen (secondary N) is 2. The topological polar surface area (TPSA) is 68.2 Å². The molecule has 6 nitrogen and oxygen atoms in total. The van der Waals surface area contributed by atoms with Crippen LogP contribution in [0.15, 0.2) is 67.0 Å². The minimum atomic E-state index is -0.415. The average Bonchev–Trinajstić information content (AvgIpc) is 3.15. The van der Waals surface area contributed by atoms with Gasteiger partial charge in [0.25, 0.3) is 0 Å². The highest BCUT2D eigenvalue weighted by molar-refractivity contribution is 5.89. The second-order valence-electron chi connectivity index (χ2n) is 5.54. The number of halogens is 1. The van der Waals surface area contributed by atoms with E-state index in [4.69, 9.17) is 4.74 Å². The largest absolute Gasteiger partial charge is 0.492 e. The van der Waals surface area contributed by atoms with Crippen LogP contribution in [0, 0.1) is 5.82 Å². The molecule has 134 valence electrons. The van der Waals surface area contributed by atoms with Crippen LogP contribution in [0.4, 0.5) is 14.9 Å². The summed E-state index contributed by atoms with van der Waals surface area (Å²) in [4.78, 5) is 12.0. The van der Waals surface area contributed by atoms with Crippen molar-refractivity contribution in [3.63, 3.8) is 0 Å². The molecule has 0 atom stereocenters. The molecule has 0 fully saturated rings. The lowest BCUT2D eigenvalue weighted by Gasteiger charge is -2.10. The molecule has 0 aliphatic rings. The summed E-state index contributed by atoms with van der Waals surface area (Å²) in [5.41, 5.74) is 1.02. The number of anilines is 1. The molecule has 26 heavy (non-hydrogen) atoms. The van der Waals surface area contributed by atoms with Gasteiger partial charge in [0.05, 0.1) is 6.54 Å². The first kappa shape index (κ1) is 17.5. The van der Waals surface area contributed by atoms with Crippen LogP contribution in [0.25, 0.3) is 0 Å². The van der Waals surface area contributed by atoms with Crippen molar-refractivity contribution in [3.05, 3.63) is 78.4 Å². The van der Waals surface area contributed by atoms with E-state index >= 15 is 0 Å². The zero-order valence-electron chi connectivity index (χ0n) is 14.1. The molecule has 7 heteroatoms. The molecule has 2 amide bonds. The van der Waals surface area contributed by atoms with Crippen molar-refractivity contribution in [1.29, 1.82) is 0 Å². The summed E-state index contributed by atoms with van der Waals surface area (Å²) in [6, 6.07) is 14.8. The molecule has 0 aliphatic carbocycles. The second kappa shape index (κ2) is 8.66. The fourth-order valence-electron chi connectivity index (χ4n) is 2.35. The van der Waals surface area contributed by atoms with E-state index in [1.54, 1.807) is 47.3 Å². The first-order chi connectivity index (χ1) is 12.7. The zero-order chi connectivity index (χ0) is 18.2. The molecule has 0 radical (unpaired) electrons. The van der Waals surface area contributed by atoms with Gasteiger partial charge in [0, 0.05) is 36.3 Å². The highest BCUT2D eigenvalue weighted by Gasteiger charge is 2.05. The zero-order valence-corrected chi connectivity index (χ0v) is 14.1. The summed E-state index contributed by atoms with van der Waals surface area (Å²) < 4.78 is 21.0. The van der Waals surface area contributed by atoms with Crippen molar-refractivity contribution in [2.24, 2.45) is 0 Å². The van der Waals surface area contributed by atoms with Gasteiger partial charge < -0.3 is 15.4 Å². The third-order valence-corrected chi connectivity index (χ3v) is 3.64. The van der Waals surface area contributed by atoms with Crippen molar-refractivity contribution in [2.45, 2.75) is 13.1 Å². The Kier molecular flexibility index (Phi) is 5.82. The van der Waals surface area contributed by atoms with Crippen molar-refractivity contribution >= 4 is 11.7 Å². The summed E-state index contributed by atoms with van der Waals surface area (Å²) in [7, 11) is 0. The number of nitrogens with zero attached hydrogens (tertiary/aromatic N) is 2. The van der Waals surface area contributed by atoms with Crippen LogP contribution >= 0.6 is 0 Å². The number of urea groups is 1. The molecular weight excluding hydrogens is 335 g/mol. The number of hydrogen-bond acceptors (Lipinski definition) is 3. The average molecular weight is 354 g/mol. The van der Waals surface area contributed by atoms with Crippen molar-refractivity contribution in [2.75, 3.05) is 11.9 Å². The van der Waals surface area contributed by atoms with Gasteiger partial charge in [-0.1, -0.05) is 24.3 Å². The predicted octanol–water partition coefficient (Wildman–Crippen LogP) is 3.42. The number of benzene rings is 2. The summed E-state index contributed by atoms with van der Waals surface area (Å²) >= 11 is 0. The molecule has 0 bridgehead atoms. The molecule has 0 saturated heterocycles. The van der Waals surface area contributed by atoms with Crippen molar-refractivity contribution in [3.8, 4) is 5.75 Å². The smallest absolute Gasteiger partial charge is 0.319 e. The Labute approximate surface area is 150 Å². The molecule has 0 saturated carbocycles. The Morgan fingerprint density at radius 2 is 2.04 bits per heavy atom. The van der Waals surface area contributed by atoms with Gasteiger partial charge in [-0.05, 0) is 24.3 Å². The molecule has 0 unspecified atom stereocenters. The number of amides is 2. The van der Waals surface area contributed by atoms with E-state index in [-0.39, 0.29) is 12.4 Å². The van der Waals surface area contributed by atoms with Gasteiger partial charge in [-0.3, -0.25) is 4.68 Å². The fraction of sp³-hybridized carbons (Fsp3) is 0.158. The van der Waals surface area contributed by atoms with Crippen LogP contribution in [-0.4, -0.2) is 22.4 Å². The first-order valence-electron chi connectivity index (χ1n) is 8.19. The van der Waals surface area contributed by atoms with Crippen LogP contribution in [0.2, 0.25) is 0 Å². The van der Waals surface area contributed by atoms with Crippen LogP contribution in [0.5, 0.6) is 5.75 Å². The Hall–Kier alpha value is -3.35. The number of aromatic nitrogens is 2. The molecule has 0 spiro atoms. The maximum atomic E-state index is 13.5. The predicted molar refractivity (Wildman–Crippen MR) is 96.4 cm³/mol. The van der Waals surface area contributed by atoms with Crippen LogP contribution in [0.3, 0.4) is 0 Å². The van der Waals surface area contributed by atoms with E-state index in [0.717, 1.165) is 0 Å². The van der Waals surface area contributed by atoms with Gasteiger partial charge in [0.2, 0.25) is 0 Å². The molecule has 1 heterocycles. The lowest BCUT2D eigenvalue weighted by atomic mass is 10.2. The van der Waals surface area contributed by atoms with Crippen LogP contribution in [-0.2, 0) is 13.1 Å². The van der Waals surface area contributed by atoms with Gasteiger partial charge in [-0.25, -0.2) is 9.18 Å². The summed E-state index contributed by atoms with van der Waals surface area (Å²) in [5, 5.41) is 9.43. The minimum Gasteiger partial charge on any atom is -0.492 e. The number of rotatable bonds is 7. The quantitative estimate of drug-likeness (QED) is 0.683. The third-order valence-electron chi connectivity index (χ3n) is 3.64. The van der Waals surface area contributed by atoms with Gasteiger partial charge in [-0.2, -0.15) is 5.10 Å². The molecule has 0 aliphatic heterocycles. The summed E-state index contributed by atoms with van der Waals surface area (Å²) in [5.74, 6) is 0.296. The summed E-state index contributed by atoms with van der Waals surface area (Å²) in [6.45, 7) is 1.21. The second-order valence-corrected chi connectivity index (χ2v) is 5.54. The Balaban J connectivity index is 1.48. The molecule has 3 aromatic rings. The molecule has 3 rings (SSSR count). The Morgan fingerprint density at radius 3 is 2.85 bits per heavy atom. The van der Waals surface area contributed by atoms with Gasteiger partial charge in [0.15, 0.2) is 0 Å². The maximum absolute atomic E-state index is 13.5. The van der Waals surface area contributed by atoms with E-state index in [2.05, 4.69) is 15.7 Å². The number of ether oxygens (including phenoxy) is 1. The SMILES string of the molecule is O=C(NCc1ccccc1F)Nc1cccc(OCCn2cccn2)c1. The van der Waals surface area contributed by atoms with E-state index in [1.165, 1.54) is 6.07 Å². The van der Waals surface area contributed by atoms with E-state index < -0.39 is 6.03 Å². The number of hydrogen-bond donors (Lipinski definition) is 2. The molecule has 2 N–H and O–H groups in total. The normalized spacial score (nSPS) is 10.3. The van der Waals surface area contributed by atoms with Gasteiger partial charge in [-0.15, -0.1) is 0 Å². The van der Waals surface area contributed by atoms with Crippen LogP contribution in [0.1, 0.15) is 5.56 Å². The van der Waals surface area contributed by atoms with Gasteiger partial charge in [0.1, 0.15) is 18.2 Å². The number of carbonyl (C=O) groups is 1. The third kappa shape index (κ3) is 5.07. The number of carbonyl (C=O) groups excluding carboxylic acids is 1.